The zero-order chi connectivity index (χ0) is 21.5. The molecular weight excluding hydrogens is 388 g/mol. The highest BCUT2D eigenvalue weighted by Gasteiger charge is 2.26. The van der Waals surface area contributed by atoms with Crippen molar-refractivity contribution in [1.29, 1.82) is 0 Å². The van der Waals surface area contributed by atoms with Crippen molar-refractivity contribution in [1.82, 2.24) is 14.9 Å². The second-order valence-corrected chi connectivity index (χ2v) is 8.53. The number of hydrogen-bond acceptors (Lipinski definition) is 3. The number of benzene rings is 2. The molecule has 2 aliphatic rings. The Morgan fingerprint density at radius 1 is 1.13 bits per heavy atom. The zero-order valence-corrected chi connectivity index (χ0v) is 17.9. The summed E-state index contributed by atoms with van der Waals surface area (Å²) in [5, 5.41) is 5.98. The lowest BCUT2D eigenvalue weighted by molar-refractivity contribution is -0.114. The number of aryl methyl sites for hydroxylation is 4. The van der Waals surface area contributed by atoms with Crippen molar-refractivity contribution in [2.24, 2.45) is 0 Å². The molecule has 0 unspecified atom stereocenters. The van der Waals surface area contributed by atoms with Crippen LogP contribution >= 0.6 is 0 Å². The van der Waals surface area contributed by atoms with Crippen molar-refractivity contribution in [3.63, 3.8) is 0 Å². The molecule has 0 fully saturated rings. The predicted molar refractivity (Wildman–Crippen MR) is 120 cm³/mol. The Labute approximate surface area is 181 Å². The molecule has 1 aromatic heterocycles. The first-order chi connectivity index (χ1) is 15.0. The monoisotopic (exact) mass is 414 g/mol. The van der Waals surface area contributed by atoms with Crippen LogP contribution in [0.2, 0.25) is 0 Å². The topological polar surface area (TPSA) is 76.0 Å². The molecule has 0 radical (unpaired) electrons. The highest BCUT2D eigenvalue weighted by Crippen LogP contribution is 2.35. The average molecular weight is 415 g/mol. The first-order valence-electron chi connectivity index (χ1n) is 10.9. The molecular formula is C25H26N4O2. The summed E-state index contributed by atoms with van der Waals surface area (Å²) in [4.78, 5) is 29.2. The number of hydrogen-bond donors (Lipinski definition) is 2. The smallest absolute Gasteiger partial charge is 0.251 e. The Balaban J connectivity index is 1.37. The number of amides is 2. The van der Waals surface area contributed by atoms with Crippen molar-refractivity contribution >= 4 is 17.5 Å². The summed E-state index contributed by atoms with van der Waals surface area (Å²) in [5.41, 5.74) is 6.70. The Hall–Kier alpha value is -3.41. The van der Waals surface area contributed by atoms with E-state index < -0.39 is 0 Å². The van der Waals surface area contributed by atoms with Gasteiger partial charge in [-0.15, -0.1) is 0 Å². The van der Waals surface area contributed by atoms with Crippen molar-refractivity contribution in [3.05, 3.63) is 70.7 Å². The molecule has 0 spiro atoms. The summed E-state index contributed by atoms with van der Waals surface area (Å²) in [6.07, 6.45) is 6.19. The van der Waals surface area contributed by atoms with Gasteiger partial charge in [0.05, 0.1) is 11.7 Å². The van der Waals surface area contributed by atoms with Gasteiger partial charge in [0.25, 0.3) is 5.91 Å². The van der Waals surface area contributed by atoms with Gasteiger partial charge in [-0.3, -0.25) is 9.59 Å². The number of imidazole rings is 1. The molecule has 6 nitrogen and oxygen atoms in total. The van der Waals surface area contributed by atoms with Gasteiger partial charge in [0, 0.05) is 42.9 Å². The second-order valence-electron chi connectivity index (χ2n) is 8.53. The highest BCUT2D eigenvalue weighted by molar-refractivity contribution is 5.97. The minimum absolute atomic E-state index is 0.0255. The normalized spacial score (nSPS) is 16.6. The Morgan fingerprint density at radius 3 is 2.81 bits per heavy atom. The van der Waals surface area contributed by atoms with E-state index in [1.54, 1.807) is 12.1 Å². The van der Waals surface area contributed by atoms with Crippen LogP contribution in [0.4, 0.5) is 5.69 Å². The van der Waals surface area contributed by atoms with E-state index in [2.05, 4.69) is 39.6 Å². The second kappa shape index (κ2) is 7.69. The van der Waals surface area contributed by atoms with Crippen molar-refractivity contribution in [3.8, 4) is 11.3 Å². The molecule has 6 heteroatoms. The Morgan fingerprint density at radius 2 is 2.00 bits per heavy atom. The van der Waals surface area contributed by atoms with Gasteiger partial charge in [-0.2, -0.15) is 0 Å². The quantitative estimate of drug-likeness (QED) is 0.672. The molecule has 0 saturated heterocycles. The molecule has 1 aliphatic heterocycles. The fourth-order valence-corrected chi connectivity index (χ4v) is 4.63. The van der Waals surface area contributed by atoms with Crippen LogP contribution in [0.3, 0.4) is 0 Å². The highest BCUT2D eigenvalue weighted by atomic mass is 16.2. The molecule has 0 saturated carbocycles. The summed E-state index contributed by atoms with van der Waals surface area (Å²) in [7, 11) is 0. The molecule has 31 heavy (non-hydrogen) atoms. The number of anilines is 1. The minimum atomic E-state index is -0.150. The van der Waals surface area contributed by atoms with E-state index in [0.717, 1.165) is 48.5 Å². The van der Waals surface area contributed by atoms with Crippen LogP contribution in [0.15, 0.2) is 42.6 Å². The molecule has 158 valence electrons. The fraction of sp³-hybridized carbons (Fsp3) is 0.320. The van der Waals surface area contributed by atoms with Gasteiger partial charge in [0.2, 0.25) is 5.91 Å². The third kappa shape index (κ3) is 3.74. The molecule has 3 aromatic rings. The van der Waals surface area contributed by atoms with Crippen LogP contribution in [0.5, 0.6) is 0 Å². The number of aromatic nitrogens is 2. The fourth-order valence-electron chi connectivity index (χ4n) is 4.63. The maximum Gasteiger partial charge on any atom is 0.251 e. The number of carbonyl (C=O) groups is 2. The van der Waals surface area contributed by atoms with E-state index >= 15 is 0 Å². The average Bonchev–Trinajstić information content (AvgIpc) is 3.44. The Bertz CT molecular complexity index is 1170. The molecule has 2 amide bonds. The lowest BCUT2D eigenvalue weighted by atomic mass is 10.0. The van der Waals surface area contributed by atoms with Gasteiger partial charge < -0.3 is 15.2 Å². The maximum atomic E-state index is 13.0. The van der Waals surface area contributed by atoms with Crippen LogP contribution < -0.4 is 10.6 Å². The Kier molecular flexibility index (Phi) is 4.85. The molecule has 2 aromatic carbocycles. The van der Waals surface area contributed by atoms with E-state index in [0.29, 0.717) is 11.3 Å². The lowest BCUT2D eigenvalue weighted by Gasteiger charge is -2.16. The van der Waals surface area contributed by atoms with Crippen molar-refractivity contribution in [2.75, 3.05) is 5.32 Å². The molecule has 0 bridgehead atoms. The lowest BCUT2D eigenvalue weighted by Crippen LogP contribution is -2.27. The van der Waals surface area contributed by atoms with Crippen LogP contribution in [-0.4, -0.2) is 21.4 Å². The minimum Gasteiger partial charge on any atom is -0.345 e. The van der Waals surface area contributed by atoms with E-state index in [1.165, 1.54) is 24.5 Å². The van der Waals surface area contributed by atoms with Crippen LogP contribution in [0.1, 0.15) is 58.7 Å². The van der Waals surface area contributed by atoms with Gasteiger partial charge in [0.15, 0.2) is 0 Å². The summed E-state index contributed by atoms with van der Waals surface area (Å²) in [6.45, 7) is 4.42. The predicted octanol–water partition coefficient (Wildman–Crippen LogP) is 4.18. The maximum absolute atomic E-state index is 13.0. The summed E-state index contributed by atoms with van der Waals surface area (Å²) < 4.78 is 2.24. The van der Waals surface area contributed by atoms with Gasteiger partial charge in [0.1, 0.15) is 5.82 Å². The number of nitrogens with zero attached hydrogens (tertiary/aromatic N) is 2. The molecule has 2 heterocycles. The zero-order valence-electron chi connectivity index (χ0n) is 17.9. The van der Waals surface area contributed by atoms with Gasteiger partial charge in [-0.1, -0.05) is 18.2 Å². The number of rotatable bonds is 4. The van der Waals surface area contributed by atoms with Crippen LogP contribution in [0, 0.1) is 6.92 Å². The number of nitrogens with one attached hydrogen (secondary N) is 2. The molecule has 5 rings (SSSR count). The van der Waals surface area contributed by atoms with Crippen LogP contribution in [0.25, 0.3) is 11.3 Å². The first kappa shape index (κ1) is 19.5. The van der Waals surface area contributed by atoms with Gasteiger partial charge >= 0.3 is 0 Å². The molecule has 2 N–H and O–H groups in total. The van der Waals surface area contributed by atoms with Gasteiger partial charge in [-0.25, -0.2) is 4.98 Å². The standard InChI is InChI=1S/C25H26N4O2/c1-15-5-6-19(13-22(15)26-16(2)30)25(31)28-21-10-9-17-7-8-18(12-20(17)21)23-14-29-11-3-4-24(29)27-23/h5-8,12-14,21H,3-4,9-11H2,1-2H3,(H,26,30)(H,28,31)/t21-/m1/s1. The largest absolute Gasteiger partial charge is 0.345 e. The van der Waals surface area contributed by atoms with Crippen molar-refractivity contribution in [2.45, 2.75) is 52.1 Å². The van der Waals surface area contributed by atoms with E-state index in [4.69, 9.17) is 4.98 Å². The van der Waals surface area contributed by atoms with Gasteiger partial charge in [-0.05, 0) is 61.1 Å². The van der Waals surface area contributed by atoms with Crippen molar-refractivity contribution < 1.29 is 9.59 Å². The number of carbonyl (C=O) groups excluding carboxylic acids is 2. The summed E-state index contributed by atoms with van der Waals surface area (Å²) in [6, 6.07) is 11.9. The van der Waals surface area contributed by atoms with E-state index in [1.807, 2.05) is 13.0 Å². The molecule has 1 atom stereocenters. The van der Waals surface area contributed by atoms with Crippen LogP contribution in [-0.2, 0) is 24.2 Å². The number of fused-ring (bicyclic) bond motifs is 2. The summed E-state index contributed by atoms with van der Waals surface area (Å²) >= 11 is 0. The third-order valence-corrected chi connectivity index (χ3v) is 6.29. The first-order valence-corrected chi connectivity index (χ1v) is 10.9. The SMILES string of the molecule is CC(=O)Nc1cc(C(=O)N[C@@H]2CCc3ccc(-c4cn5c(n4)CCC5)cc32)ccc1C. The molecule has 1 aliphatic carbocycles. The van der Waals surface area contributed by atoms with E-state index in [-0.39, 0.29) is 17.9 Å². The summed E-state index contributed by atoms with van der Waals surface area (Å²) in [5.74, 6) is 0.883. The van der Waals surface area contributed by atoms with E-state index in [9.17, 15) is 9.59 Å². The third-order valence-electron chi connectivity index (χ3n) is 6.29.